The van der Waals surface area contributed by atoms with Gasteiger partial charge in [-0.05, 0) is 25.7 Å². The average Bonchev–Trinajstić information content (AvgIpc) is 1.91. The number of rotatable bonds is 2. The Morgan fingerprint density at radius 1 is 1.56 bits per heavy atom. The zero-order chi connectivity index (χ0) is 6.53. The molecule has 0 saturated heterocycles. The van der Waals surface area contributed by atoms with Crippen LogP contribution in [-0.4, -0.2) is 7.41 Å². The van der Waals surface area contributed by atoms with Crippen LogP contribution in [0.1, 0.15) is 25.7 Å². The minimum Gasteiger partial charge on any atom is -0.168 e. The largest absolute Gasteiger partial charge is 0.348 e. The molecule has 0 atom stereocenters. The van der Waals surface area contributed by atoms with Crippen LogP contribution in [0.15, 0.2) is 16.6 Å². The molecule has 9 heavy (non-hydrogen) atoms. The zero-order valence-electron chi connectivity index (χ0n) is 5.47. The molecule has 0 unspecified atom stereocenters. The van der Waals surface area contributed by atoms with Gasteiger partial charge in [-0.25, -0.2) is 0 Å². The predicted octanol–water partition coefficient (Wildman–Crippen LogP) is 1.56. The predicted molar refractivity (Wildman–Crippen MR) is 39.5 cm³/mol. The van der Waals surface area contributed by atoms with Crippen LogP contribution >= 0.6 is 0 Å². The van der Waals surface area contributed by atoms with E-state index in [9.17, 15) is 4.91 Å². The van der Waals surface area contributed by atoms with Crippen LogP contribution < -0.4 is 0 Å². The van der Waals surface area contributed by atoms with Crippen molar-refractivity contribution in [1.29, 1.82) is 0 Å². The summed E-state index contributed by atoms with van der Waals surface area (Å²) in [7, 11) is 0.417. The average molecular weight is 123 g/mol. The molecular weight excluding hydrogens is 113 g/mol. The Labute approximate surface area is 55.6 Å². The molecule has 0 saturated carbocycles. The van der Waals surface area contributed by atoms with E-state index >= 15 is 0 Å². The zero-order valence-corrected chi connectivity index (χ0v) is 5.47. The molecule has 1 aliphatic carbocycles. The summed E-state index contributed by atoms with van der Waals surface area (Å²) in [4.78, 5) is 9.78. The molecule has 0 N–H and O–H groups in total. The van der Waals surface area contributed by atoms with Crippen LogP contribution in [0.3, 0.4) is 0 Å². The minimum absolute atomic E-state index is 0.417. The summed E-state index contributed by atoms with van der Waals surface area (Å²) in [5.74, 6) is 0. The van der Waals surface area contributed by atoms with Crippen molar-refractivity contribution in [2.75, 3.05) is 0 Å². The van der Waals surface area contributed by atoms with Gasteiger partial charge in [0.25, 0.3) is 0 Å². The Bertz CT molecular complexity index is 133. The van der Waals surface area contributed by atoms with Gasteiger partial charge in [-0.1, -0.05) is 11.5 Å². The van der Waals surface area contributed by atoms with Crippen molar-refractivity contribution < 1.29 is 0 Å². The van der Waals surface area contributed by atoms with E-state index in [0.29, 0.717) is 7.41 Å². The monoisotopic (exact) mass is 123 g/mol. The Kier molecular flexibility index (Phi) is 2.49. The Morgan fingerprint density at radius 3 is 3.00 bits per heavy atom. The number of nitrogens with zero attached hydrogens (tertiary/aromatic N) is 1. The molecule has 0 aromatic carbocycles. The molecule has 0 aromatic heterocycles. The quantitative estimate of drug-likeness (QED) is 0.404. The highest BCUT2D eigenvalue weighted by Gasteiger charge is 2.03. The van der Waals surface area contributed by atoms with Gasteiger partial charge in [0.2, 0.25) is 0 Å². The van der Waals surface area contributed by atoms with Crippen LogP contribution in [0, 0.1) is 4.91 Å². The van der Waals surface area contributed by atoms with Gasteiger partial charge in [0.05, 0.1) is 0 Å². The fraction of sp³-hybridized carbons (Fsp3) is 0.667. The van der Waals surface area contributed by atoms with E-state index in [1.165, 1.54) is 18.3 Å². The SMILES string of the molecule is O=NBC1=CCCCC1. The van der Waals surface area contributed by atoms with Gasteiger partial charge in [-0.2, -0.15) is 4.91 Å². The van der Waals surface area contributed by atoms with Crippen molar-refractivity contribution >= 4 is 7.41 Å². The number of hydrogen-bond donors (Lipinski definition) is 0. The molecule has 1 aliphatic rings. The standard InChI is InChI=1S/C6H10BNO/c9-8-7-6-4-2-1-3-5-6/h4,7H,1-3,5H2. The first-order valence-corrected chi connectivity index (χ1v) is 3.40. The lowest BCUT2D eigenvalue weighted by Crippen LogP contribution is -1.97. The topological polar surface area (TPSA) is 29.4 Å². The van der Waals surface area contributed by atoms with Crippen molar-refractivity contribution in [2.45, 2.75) is 25.7 Å². The van der Waals surface area contributed by atoms with Gasteiger partial charge in [0, 0.05) is 0 Å². The highest BCUT2D eigenvalue weighted by Crippen LogP contribution is 2.15. The molecule has 0 heterocycles. The maximum atomic E-state index is 9.78. The lowest BCUT2D eigenvalue weighted by molar-refractivity contribution is 0.720. The Balaban J connectivity index is 2.36. The molecule has 0 bridgehead atoms. The first kappa shape index (κ1) is 6.52. The summed E-state index contributed by atoms with van der Waals surface area (Å²) < 4.78 is 0. The van der Waals surface area contributed by atoms with E-state index in [2.05, 4.69) is 11.2 Å². The first-order valence-electron chi connectivity index (χ1n) is 3.40. The first-order chi connectivity index (χ1) is 4.43. The number of allylic oxidation sites excluding steroid dienone is 2. The third-order valence-electron chi connectivity index (χ3n) is 1.65. The lowest BCUT2D eigenvalue weighted by Gasteiger charge is -2.06. The minimum atomic E-state index is 0.417. The molecule has 0 radical (unpaired) electrons. The normalized spacial score (nSPS) is 18.4. The second-order valence-electron chi connectivity index (χ2n) is 2.40. The van der Waals surface area contributed by atoms with Crippen LogP contribution in [0.2, 0.25) is 0 Å². The molecule has 48 valence electrons. The van der Waals surface area contributed by atoms with Crippen molar-refractivity contribution in [3.63, 3.8) is 0 Å². The van der Waals surface area contributed by atoms with Crippen molar-refractivity contribution in [1.82, 2.24) is 0 Å². The van der Waals surface area contributed by atoms with Crippen LogP contribution in [0.25, 0.3) is 0 Å². The summed E-state index contributed by atoms with van der Waals surface area (Å²) in [5.41, 5.74) is 1.23. The van der Waals surface area contributed by atoms with Gasteiger partial charge < -0.3 is 0 Å². The lowest BCUT2D eigenvalue weighted by atomic mass is 9.77. The van der Waals surface area contributed by atoms with Crippen LogP contribution in [0.4, 0.5) is 0 Å². The number of nitroso groups, excluding NO2 is 1. The summed E-state index contributed by atoms with van der Waals surface area (Å²) in [6, 6.07) is 0. The molecule has 0 fully saturated rings. The molecular formula is C6H10BNO. The fourth-order valence-corrected chi connectivity index (χ4v) is 1.13. The Morgan fingerprint density at radius 2 is 2.44 bits per heavy atom. The fourth-order valence-electron chi connectivity index (χ4n) is 1.13. The molecule has 1 rings (SSSR count). The van der Waals surface area contributed by atoms with Crippen molar-refractivity contribution in [3.8, 4) is 0 Å². The van der Waals surface area contributed by atoms with E-state index in [1.54, 1.807) is 0 Å². The third kappa shape index (κ3) is 2.00. The van der Waals surface area contributed by atoms with Crippen molar-refractivity contribution in [3.05, 3.63) is 16.5 Å². The summed E-state index contributed by atoms with van der Waals surface area (Å²) >= 11 is 0. The van der Waals surface area contributed by atoms with Gasteiger partial charge in [-0.15, -0.1) is 5.09 Å². The molecule has 0 amide bonds. The number of hydrogen-bond acceptors (Lipinski definition) is 2. The highest BCUT2D eigenvalue weighted by atomic mass is 16.2. The van der Waals surface area contributed by atoms with Gasteiger partial charge in [-0.3, -0.25) is 0 Å². The van der Waals surface area contributed by atoms with E-state index < -0.39 is 0 Å². The smallest absolute Gasteiger partial charge is 0.168 e. The van der Waals surface area contributed by atoms with Gasteiger partial charge >= 0.3 is 7.41 Å². The van der Waals surface area contributed by atoms with Crippen LogP contribution in [0.5, 0.6) is 0 Å². The summed E-state index contributed by atoms with van der Waals surface area (Å²) in [6.07, 6.45) is 6.89. The van der Waals surface area contributed by atoms with E-state index in [-0.39, 0.29) is 0 Å². The van der Waals surface area contributed by atoms with E-state index in [4.69, 9.17) is 0 Å². The van der Waals surface area contributed by atoms with Gasteiger partial charge in [0.15, 0.2) is 0 Å². The maximum absolute atomic E-state index is 9.78. The van der Waals surface area contributed by atoms with E-state index in [0.717, 1.165) is 12.8 Å². The summed E-state index contributed by atoms with van der Waals surface area (Å²) in [6.45, 7) is 0. The highest BCUT2D eigenvalue weighted by molar-refractivity contribution is 6.43. The van der Waals surface area contributed by atoms with Gasteiger partial charge in [0.1, 0.15) is 0 Å². The summed E-state index contributed by atoms with van der Waals surface area (Å²) in [5, 5.41) is 2.84. The second kappa shape index (κ2) is 3.43. The Hall–Kier alpha value is -0.595. The molecule has 0 spiro atoms. The van der Waals surface area contributed by atoms with Crippen molar-refractivity contribution in [2.24, 2.45) is 5.09 Å². The molecule has 3 heteroatoms. The molecule has 0 aliphatic heterocycles. The molecule has 0 aromatic rings. The molecule has 2 nitrogen and oxygen atoms in total. The second-order valence-corrected chi connectivity index (χ2v) is 2.40. The van der Waals surface area contributed by atoms with Crippen LogP contribution in [-0.2, 0) is 0 Å². The maximum Gasteiger partial charge on any atom is 0.348 e. The third-order valence-corrected chi connectivity index (χ3v) is 1.65. The van der Waals surface area contributed by atoms with E-state index in [1.807, 2.05) is 0 Å².